The smallest absolute Gasteiger partial charge is 0.313 e. The van der Waals surface area contributed by atoms with Crippen molar-refractivity contribution in [3.63, 3.8) is 0 Å². The number of esters is 1. The van der Waals surface area contributed by atoms with Crippen LogP contribution in [0.5, 0.6) is 0 Å². The van der Waals surface area contributed by atoms with Gasteiger partial charge in [0, 0.05) is 5.92 Å². The summed E-state index contributed by atoms with van der Waals surface area (Å²) >= 11 is 0. The maximum Gasteiger partial charge on any atom is 0.313 e. The molecule has 0 aliphatic heterocycles. The predicted molar refractivity (Wildman–Crippen MR) is 72.6 cm³/mol. The zero-order valence-corrected chi connectivity index (χ0v) is 12.3. The summed E-state index contributed by atoms with van der Waals surface area (Å²) in [7, 11) is 0. The van der Waals surface area contributed by atoms with Gasteiger partial charge in [-0.1, -0.05) is 20.8 Å². The molecule has 20 heavy (non-hydrogen) atoms. The van der Waals surface area contributed by atoms with Crippen molar-refractivity contribution in [2.45, 2.75) is 46.5 Å². The molecule has 3 aliphatic carbocycles. The Hall–Kier alpha value is -1.32. The van der Waals surface area contributed by atoms with Crippen molar-refractivity contribution in [1.29, 1.82) is 0 Å². The molecule has 4 atom stereocenters. The monoisotopic (exact) mass is 278 g/mol. The lowest BCUT2D eigenvalue weighted by Crippen LogP contribution is -2.33. The van der Waals surface area contributed by atoms with Gasteiger partial charge in [-0.05, 0) is 43.1 Å². The van der Waals surface area contributed by atoms with E-state index in [0.717, 1.165) is 25.0 Å². The number of carboxylic acid groups (broad SMARTS) is 1. The SMILES string of the molecule is CC(C)C(=O)OC1=C2CC3CC(C(=O)O)(CC1C)CC23. The number of allylic oxidation sites excluding steroid dienone is 2. The van der Waals surface area contributed by atoms with E-state index < -0.39 is 11.4 Å². The van der Waals surface area contributed by atoms with Gasteiger partial charge in [-0.3, -0.25) is 9.59 Å². The fourth-order valence-electron chi connectivity index (χ4n) is 4.31. The quantitative estimate of drug-likeness (QED) is 0.806. The van der Waals surface area contributed by atoms with Crippen LogP contribution in [0.1, 0.15) is 46.5 Å². The number of aliphatic carboxylic acids is 1. The molecule has 110 valence electrons. The summed E-state index contributed by atoms with van der Waals surface area (Å²) in [6, 6.07) is 0. The molecular formula is C16H22O4. The van der Waals surface area contributed by atoms with E-state index in [0.29, 0.717) is 18.3 Å². The Kier molecular flexibility index (Phi) is 2.96. The highest BCUT2D eigenvalue weighted by molar-refractivity contribution is 5.76. The first-order valence-electron chi connectivity index (χ1n) is 7.52. The first-order chi connectivity index (χ1) is 9.34. The summed E-state index contributed by atoms with van der Waals surface area (Å²) in [5, 5.41) is 9.62. The topological polar surface area (TPSA) is 63.6 Å². The Morgan fingerprint density at radius 2 is 2.00 bits per heavy atom. The second-order valence-corrected chi connectivity index (χ2v) is 7.13. The van der Waals surface area contributed by atoms with E-state index >= 15 is 0 Å². The van der Waals surface area contributed by atoms with Crippen LogP contribution in [0.25, 0.3) is 0 Å². The average Bonchev–Trinajstić information content (AvgIpc) is 2.58. The van der Waals surface area contributed by atoms with Gasteiger partial charge in [-0.15, -0.1) is 0 Å². The van der Waals surface area contributed by atoms with Crippen LogP contribution in [0.3, 0.4) is 0 Å². The van der Waals surface area contributed by atoms with E-state index in [2.05, 4.69) is 0 Å². The molecule has 0 radical (unpaired) electrons. The van der Waals surface area contributed by atoms with Gasteiger partial charge >= 0.3 is 11.9 Å². The molecule has 2 saturated carbocycles. The zero-order chi connectivity index (χ0) is 14.7. The van der Waals surface area contributed by atoms with Crippen molar-refractivity contribution in [2.75, 3.05) is 0 Å². The van der Waals surface area contributed by atoms with Crippen LogP contribution >= 0.6 is 0 Å². The molecule has 0 spiro atoms. The van der Waals surface area contributed by atoms with Crippen LogP contribution in [0, 0.1) is 29.1 Å². The third-order valence-electron chi connectivity index (χ3n) is 5.36. The highest BCUT2D eigenvalue weighted by atomic mass is 16.5. The van der Waals surface area contributed by atoms with Gasteiger partial charge in [-0.25, -0.2) is 0 Å². The number of ether oxygens (including phenoxy) is 1. The Balaban J connectivity index is 1.91. The first kappa shape index (κ1) is 13.7. The van der Waals surface area contributed by atoms with Crippen molar-refractivity contribution in [3.8, 4) is 0 Å². The van der Waals surface area contributed by atoms with Gasteiger partial charge in [0.1, 0.15) is 5.76 Å². The molecule has 4 unspecified atom stereocenters. The molecule has 1 N–H and O–H groups in total. The number of carbonyl (C=O) groups is 2. The number of hydrogen-bond donors (Lipinski definition) is 1. The van der Waals surface area contributed by atoms with E-state index in [-0.39, 0.29) is 17.8 Å². The summed E-state index contributed by atoms with van der Waals surface area (Å²) < 4.78 is 5.62. The molecular weight excluding hydrogens is 256 g/mol. The van der Waals surface area contributed by atoms with Crippen molar-refractivity contribution >= 4 is 11.9 Å². The fourth-order valence-corrected chi connectivity index (χ4v) is 4.31. The number of hydrogen-bond acceptors (Lipinski definition) is 3. The molecule has 2 fully saturated rings. The van der Waals surface area contributed by atoms with Gasteiger partial charge in [0.25, 0.3) is 0 Å². The molecule has 3 rings (SSSR count). The van der Waals surface area contributed by atoms with Crippen molar-refractivity contribution in [2.24, 2.45) is 29.1 Å². The number of fused-ring (bicyclic) bond motifs is 1. The Morgan fingerprint density at radius 3 is 2.60 bits per heavy atom. The Bertz CT molecular complexity index is 505. The number of carbonyl (C=O) groups excluding carboxylic acids is 1. The van der Waals surface area contributed by atoms with E-state index in [1.807, 2.05) is 20.8 Å². The van der Waals surface area contributed by atoms with Crippen molar-refractivity contribution in [3.05, 3.63) is 11.3 Å². The third-order valence-corrected chi connectivity index (χ3v) is 5.36. The second-order valence-electron chi connectivity index (χ2n) is 7.13. The van der Waals surface area contributed by atoms with Crippen LogP contribution in [0.15, 0.2) is 11.3 Å². The molecule has 2 bridgehead atoms. The fraction of sp³-hybridized carbons (Fsp3) is 0.750. The lowest BCUT2D eigenvalue weighted by Gasteiger charge is -2.38. The molecule has 4 nitrogen and oxygen atoms in total. The number of carboxylic acids is 1. The van der Waals surface area contributed by atoms with Crippen LogP contribution < -0.4 is 0 Å². The van der Waals surface area contributed by atoms with Crippen LogP contribution in [0.4, 0.5) is 0 Å². The van der Waals surface area contributed by atoms with Crippen LogP contribution in [0.2, 0.25) is 0 Å². The molecule has 0 aromatic rings. The first-order valence-corrected chi connectivity index (χ1v) is 7.52. The standard InChI is InChI=1S/C16H22O4/c1-8(2)14(17)20-13-9(3)5-16(15(18)19)6-10-4-11(13)12(10)7-16/h8-10,12H,4-7H2,1-3H3,(H,18,19). The minimum Gasteiger partial charge on any atom is -0.481 e. The third kappa shape index (κ3) is 1.80. The van der Waals surface area contributed by atoms with E-state index in [9.17, 15) is 14.7 Å². The predicted octanol–water partition coefficient (Wildman–Crippen LogP) is 2.98. The molecule has 0 saturated heterocycles. The summed E-state index contributed by atoms with van der Waals surface area (Å²) in [6.07, 6.45) is 3.05. The van der Waals surface area contributed by atoms with Gasteiger partial charge < -0.3 is 9.84 Å². The normalized spacial score (nSPS) is 38.5. The summed E-state index contributed by atoms with van der Waals surface area (Å²) in [5.74, 6) is 0.606. The van der Waals surface area contributed by atoms with Crippen molar-refractivity contribution < 1.29 is 19.4 Å². The van der Waals surface area contributed by atoms with Crippen LogP contribution in [-0.4, -0.2) is 17.0 Å². The molecule has 0 heterocycles. The lowest BCUT2D eigenvalue weighted by molar-refractivity contribution is -0.150. The van der Waals surface area contributed by atoms with Crippen LogP contribution in [-0.2, 0) is 14.3 Å². The summed E-state index contributed by atoms with van der Waals surface area (Å²) in [5.41, 5.74) is 0.625. The molecule has 0 aromatic heterocycles. The Labute approximate surface area is 119 Å². The zero-order valence-electron chi connectivity index (χ0n) is 12.3. The average molecular weight is 278 g/mol. The highest BCUT2D eigenvalue weighted by Gasteiger charge is 2.59. The molecule has 3 aliphatic rings. The molecule has 0 aromatic carbocycles. The minimum atomic E-state index is -0.672. The van der Waals surface area contributed by atoms with Gasteiger partial charge in [-0.2, -0.15) is 0 Å². The van der Waals surface area contributed by atoms with Gasteiger partial charge in [0.05, 0.1) is 11.3 Å². The second kappa shape index (κ2) is 4.34. The summed E-state index contributed by atoms with van der Waals surface area (Å²) in [6.45, 7) is 5.64. The van der Waals surface area contributed by atoms with Gasteiger partial charge in [0.2, 0.25) is 0 Å². The van der Waals surface area contributed by atoms with Crippen molar-refractivity contribution in [1.82, 2.24) is 0 Å². The highest BCUT2D eigenvalue weighted by Crippen LogP contribution is 2.64. The van der Waals surface area contributed by atoms with Gasteiger partial charge in [0.15, 0.2) is 0 Å². The minimum absolute atomic E-state index is 0.0232. The Morgan fingerprint density at radius 1 is 1.30 bits per heavy atom. The largest absolute Gasteiger partial charge is 0.481 e. The molecule has 4 heteroatoms. The van der Waals surface area contributed by atoms with E-state index in [4.69, 9.17) is 4.74 Å². The summed E-state index contributed by atoms with van der Waals surface area (Å²) in [4.78, 5) is 23.6. The lowest BCUT2D eigenvalue weighted by atomic mass is 9.68. The maximum absolute atomic E-state index is 11.9. The van der Waals surface area contributed by atoms with E-state index in [1.165, 1.54) is 5.57 Å². The maximum atomic E-state index is 11.9. The molecule has 0 amide bonds. The number of rotatable bonds is 3. The van der Waals surface area contributed by atoms with E-state index in [1.54, 1.807) is 0 Å².